The highest BCUT2D eigenvalue weighted by Gasteiger charge is 2.22. The van der Waals surface area contributed by atoms with Crippen LogP contribution < -0.4 is 25.0 Å². The monoisotopic (exact) mass is 417 g/mol. The van der Waals surface area contributed by atoms with Crippen LogP contribution in [0.2, 0.25) is 0 Å². The van der Waals surface area contributed by atoms with E-state index in [1.54, 1.807) is 19.4 Å². The Bertz CT molecular complexity index is 825. The molecule has 1 aromatic carbocycles. The molecule has 0 spiro atoms. The number of halogens is 1. The quantitative estimate of drug-likeness (QED) is 0.647. The fraction of sp³-hybridized carbons (Fsp3) is 0.545. The van der Waals surface area contributed by atoms with Crippen molar-refractivity contribution in [2.75, 3.05) is 45.1 Å². The van der Waals surface area contributed by atoms with E-state index in [9.17, 15) is 4.39 Å². The third-order valence-corrected chi connectivity index (χ3v) is 5.58. The molecular weight excluding hydrogens is 385 g/mol. The van der Waals surface area contributed by atoms with Crippen molar-refractivity contribution in [3.05, 3.63) is 35.8 Å². The first-order valence-electron chi connectivity index (χ1n) is 10.4. The maximum Gasteiger partial charge on any atom is 0.224 e. The Morgan fingerprint density at radius 2 is 1.80 bits per heavy atom. The molecule has 3 rings (SSSR count). The summed E-state index contributed by atoms with van der Waals surface area (Å²) < 4.78 is 24.7. The number of hydrogen-bond donors (Lipinski definition) is 2. The van der Waals surface area contributed by atoms with E-state index in [1.165, 1.54) is 13.2 Å². The van der Waals surface area contributed by atoms with Gasteiger partial charge in [-0.1, -0.05) is 0 Å². The van der Waals surface area contributed by atoms with E-state index in [4.69, 9.17) is 9.47 Å². The second-order valence-corrected chi connectivity index (χ2v) is 7.92. The topological polar surface area (TPSA) is 71.5 Å². The van der Waals surface area contributed by atoms with Crippen molar-refractivity contribution < 1.29 is 13.9 Å². The van der Waals surface area contributed by atoms with E-state index in [1.807, 2.05) is 25.1 Å². The minimum atomic E-state index is -0.284. The molecule has 1 aliphatic rings. The summed E-state index contributed by atoms with van der Waals surface area (Å²) in [5.74, 6) is 2.83. The van der Waals surface area contributed by atoms with Gasteiger partial charge in [-0.25, -0.2) is 9.37 Å². The molecule has 30 heavy (non-hydrogen) atoms. The molecule has 0 radical (unpaired) electrons. The van der Waals surface area contributed by atoms with Gasteiger partial charge in [0.15, 0.2) is 11.5 Å². The number of rotatable bonds is 9. The highest BCUT2D eigenvalue weighted by molar-refractivity contribution is 5.44. The molecule has 0 amide bonds. The molecular formula is C22H32FN5O2. The number of aromatic nitrogens is 2. The van der Waals surface area contributed by atoms with Gasteiger partial charge in [-0.15, -0.1) is 0 Å². The molecule has 1 aromatic heterocycles. The Hall–Kier alpha value is -2.61. The summed E-state index contributed by atoms with van der Waals surface area (Å²) >= 11 is 0. The molecule has 1 fully saturated rings. The molecule has 0 atom stereocenters. The van der Waals surface area contributed by atoms with Crippen molar-refractivity contribution in [2.45, 2.75) is 38.3 Å². The van der Waals surface area contributed by atoms with E-state index in [2.05, 4.69) is 20.6 Å². The highest BCUT2D eigenvalue weighted by Crippen LogP contribution is 2.30. The van der Waals surface area contributed by atoms with Gasteiger partial charge in [-0.05, 0) is 50.3 Å². The minimum absolute atomic E-state index is 0.284. The number of hydrogen-bond acceptors (Lipinski definition) is 7. The van der Waals surface area contributed by atoms with Crippen molar-refractivity contribution in [3.63, 3.8) is 0 Å². The predicted octanol–water partition coefficient (Wildman–Crippen LogP) is 3.46. The molecule has 164 valence electrons. The Morgan fingerprint density at radius 3 is 2.47 bits per heavy atom. The summed E-state index contributed by atoms with van der Waals surface area (Å²) in [6.07, 6.45) is 6.17. The van der Waals surface area contributed by atoms with Gasteiger partial charge >= 0.3 is 0 Å². The molecule has 1 aliphatic carbocycles. The van der Waals surface area contributed by atoms with E-state index in [0.29, 0.717) is 41.5 Å². The molecule has 7 nitrogen and oxygen atoms in total. The molecule has 0 unspecified atom stereocenters. The van der Waals surface area contributed by atoms with Crippen LogP contribution in [-0.4, -0.2) is 50.9 Å². The molecule has 8 heteroatoms. The largest absolute Gasteiger partial charge is 0.493 e. The van der Waals surface area contributed by atoms with Crippen molar-refractivity contribution in [3.8, 4) is 11.5 Å². The lowest BCUT2D eigenvalue weighted by molar-refractivity contribution is 0.322. The normalized spacial score (nSPS) is 18.7. The van der Waals surface area contributed by atoms with E-state index < -0.39 is 0 Å². The first-order chi connectivity index (χ1) is 14.5. The van der Waals surface area contributed by atoms with Gasteiger partial charge < -0.3 is 25.0 Å². The van der Waals surface area contributed by atoms with Gasteiger partial charge in [0.1, 0.15) is 11.6 Å². The van der Waals surface area contributed by atoms with Crippen LogP contribution in [0.15, 0.2) is 24.4 Å². The maximum atomic E-state index is 14.3. The van der Waals surface area contributed by atoms with E-state index >= 15 is 0 Å². The van der Waals surface area contributed by atoms with Gasteiger partial charge in [0.25, 0.3) is 0 Å². The van der Waals surface area contributed by atoms with Gasteiger partial charge in [-0.3, -0.25) is 0 Å². The zero-order valence-corrected chi connectivity index (χ0v) is 18.2. The van der Waals surface area contributed by atoms with Gasteiger partial charge in [0.05, 0.1) is 14.2 Å². The molecule has 1 heterocycles. The summed E-state index contributed by atoms with van der Waals surface area (Å²) in [4.78, 5) is 10.8. The van der Waals surface area contributed by atoms with Crippen LogP contribution in [0.1, 0.15) is 31.2 Å². The van der Waals surface area contributed by atoms with Crippen molar-refractivity contribution >= 4 is 11.8 Å². The molecule has 0 bridgehead atoms. The van der Waals surface area contributed by atoms with Gasteiger partial charge in [0.2, 0.25) is 5.95 Å². The number of methoxy groups -OCH3 is 2. The molecule has 2 aromatic rings. The second kappa shape index (κ2) is 10.4. The fourth-order valence-corrected chi connectivity index (χ4v) is 3.80. The van der Waals surface area contributed by atoms with E-state index in [-0.39, 0.29) is 5.82 Å². The Kier molecular flexibility index (Phi) is 7.68. The molecule has 1 saturated carbocycles. The summed E-state index contributed by atoms with van der Waals surface area (Å²) in [7, 11) is 7.00. The van der Waals surface area contributed by atoms with Gasteiger partial charge in [0, 0.05) is 44.5 Å². The Labute approximate surface area is 178 Å². The van der Waals surface area contributed by atoms with Crippen LogP contribution in [0.5, 0.6) is 11.5 Å². The lowest BCUT2D eigenvalue weighted by Gasteiger charge is -2.29. The average molecular weight is 418 g/mol. The van der Waals surface area contributed by atoms with Crippen LogP contribution >= 0.6 is 0 Å². The molecule has 0 saturated heterocycles. The van der Waals surface area contributed by atoms with Crippen LogP contribution in [0.25, 0.3) is 0 Å². The Balaban J connectivity index is 1.44. The first-order valence-corrected chi connectivity index (χ1v) is 10.4. The van der Waals surface area contributed by atoms with Crippen molar-refractivity contribution in [1.29, 1.82) is 0 Å². The summed E-state index contributed by atoms with van der Waals surface area (Å²) in [5, 5.41) is 6.86. The number of anilines is 2. The zero-order chi connectivity index (χ0) is 21.5. The fourth-order valence-electron chi connectivity index (χ4n) is 3.80. The van der Waals surface area contributed by atoms with Crippen LogP contribution in [0.4, 0.5) is 16.2 Å². The first kappa shape index (κ1) is 22.1. The third-order valence-electron chi connectivity index (χ3n) is 5.58. The number of nitrogens with zero attached hydrogens (tertiary/aromatic N) is 3. The van der Waals surface area contributed by atoms with Crippen LogP contribution in [0.3, 0.4) is 0 Å². The smallest absolute Gasteiger partial charge is 0.224 e. The number of nitrogens with one attached hydrogen (secondary N) is 2. The van der Waals surface area contributed by atoms with Crippen molar-refractivity contribution in [2.24, 2.45) is 5.92 Å². The SMILES string of the molecule is COc1cc(F)c(CNCC2CCC(Nc3nccc(N(C)C)n3)CC2)cc1OC. The van der Waals surface area contributed by atoms with Gasteiger partial charge in [-0.2, -0.15) is 4.98 Å². The number of benzene rings is 1. The summed E-state index contributed by atoms with van der Waals surface area (Å²) in [6.45, 7) is 1.34. The maximum absolute atomic E-state index is 14.3. The van der Waals surface area contributed by atoms with E-state index in [0.717, 1.165) is 38.0 Å². The minimum Gasteiger partial charge on any atom is -0.493 e. The molecule has 2 N–H and O–H groups in total. The Morgan fingerprint density at radius 1 is 1.10 bits per heavy atom. The lowest BCUT2D eigenvalue weighted by atomic mass is 9.86. The predicted molar refractivity (Wildman–Crippen MR) is 117 cm³/mol. The average Bonchev–Trinajstić information content (AvgIpc) is 2.76. The zero-order valence-electron chi connectivity index (χ0n) is 18.2. The summed E-state index contributed by atoms with van der Waals surface area (Å²) in [5.41, 5.74) is 0.584. The van der Waals surface area contributed by atoms with Crippen LogP contribution in [0, 0.1) is 11.7 Å². The number of ether oxygens (including phenoxy) is 2. The third kappa shape index (κ3) is 5.72. The lowest BCUT2D eigenvalue weighted by Crippen LogP contribution is -2.31. The second-order valence-electron chi connectivity index (χ2n) is 7.92. The standard InChI is InChI=1S/C22H32FN5O2/c1-28(2)21-9-10-25-22(27-21)26-17-7-5-15(6-8-17)13-24-14-16-11-19(29-3)20(30-4)12-18(16)23/h9-12,15,17,24H,5-8,13-14H2,1-4H3,(H,25,26,27). The van der Waals surface area contributed by atoms with Crippen LogP contribution in [-0.2, 0) is 6.54 Å². The molecule has 0 aliphatic heterocycles. The summed E-state index contributed by atoms with van der Waals surface area (Å²) in [6, 6.07) is 5.36. The van der Waals surface area contributed by atoms with Crippen molar-refractivity contribution in [1.82, 2.24) is 15.3 Å². The highest BCUT2D eigenvalue weighted by atomic mass is 19.1.